The Labute approximate surface area is 122 Å². The van der Waals surface area contributed by atoms with Gasteiger partial charge in [-0.05, 0) is 19.4 Å². The Hall–Kier alpha value is -2.28. The highest BCUT2D eigenvalue weighted by Gasteiger charge is 2.18. The summed E-state index contributed by atoms with van der Waals surface area (Å²) in [7, 11) is 0. The molecule has 7 nitrogen and oxygen atoms in total. The number of phenolic OH excluding ortho intramolecular Hbond substituents is 1. The number of nitrogens with two attached hydrogens (primary N) is 1. The summed E-state index contributed by atoms with van der Waals surface area (Å²) in [6, 6.07) is 4.09. The number of rotatable bonds is 9. The molecule has 0 spiro atoms. The van der Waals surface area contributed by atoms with E-state index in [1.807, 2.05) is 0 Å². The summed E-state index contributed by atoms with van der Waals surface area (Å²) in [5.74, 6) is -1.30. The Morgan fingerprint density at radius 1 is 1.43 bits per heavy atom. The smallest absolute Gasteiger partial charge is 0.320 e. The van der Waals surface area contributed by atoms with Crippen molar-refractivity contribution in [1.29, 1.82) is 0 Å². The number of nitrogens with one attached hydrogen (secondary N) is 1. The normalized spacial score (nSPS) is 11.9. The first kappa shape index (κ1) is 16.8. The van der Waals surface area contributed by atoms with Crippen LogP contribution in [0.25, 0.3) is 0 Å². The number of aromatic hydroxyl groups is 1. The molecule has 5 N–H and O–H groups in total. The van der Waals surface area contributed by atoms with Gasteiger partial charge in [-0.2, -0.15) is 0 Å². The Kier molecular flexibility index (Phi) is 6.48. The van der Waals surface area contributed by atoms with Crippen molar-refractivity contribution in [3.63, 3.8) is 0 Å². The molecule has 1 rings (SSSR count). The molecule has 0 aliphatic carbocycles. The third kappa shape index (κ3) is 5.31. The lowest BCUT2D eigenvalue weighted by Crippen LogP contribution is -2.37. The van der Waals surface area contributed by atoms with E-state index in [1.54, 1.807) is 25.1 Å². The molecule has 0 fully saturated rings. The molecule has 0 aliphatic heterocycles. The summed E-state index contributed by atoms with van der Waals surface area (Å²) in [6.45, 7) is 2.36. The van der Waals surface area contributed by atoms with Crippen molar-refractivity contribution in [2.24, 2.45) is 5.73 Å². The van der Waals surface area contributed by atoms with E-state index in [0.717, 1.165) is 0 Å². The number of carbonyl (C=O) groups is 2. The molecule has 0 aromatic heterocycles. The van der Waals surface area contributed by atoms with E-state index in [0.29, 0.717) is 17.9 Å². The predicted octanol–water partition coefficient (Wildman–Crippen LogP) is 0.599. The molecule has 1 unspecified atom stereocenters. The molecule has 116 valence electrons. The van der Waals surface area contributed by atoms with E-state index >= 15 is 0 Å². The standard InChI is InChI=1S/C14H20N2O5/c1-2-21-11-5-3-4-9(13(11)18)8-16-10(14(19)20)6-7-12(15)17/h3-5,10,16,18H,2,6-8H2,1H3,(H2,15,17)(H,19,20). The Bertz CT molecular complexity index is 504. The van der Waals surface area contributed by atoms with Crippen molar-refractivity contribution < 1.29 is 24.5 Å². The van der Waals surface area contributed by atoms with Gasteiger partial charge in [0.2, 0.25) is 5.91 Å². The van der Waals surface area contributed by atoms with E-state index in [4.69, 9.17) is 15.6 Å². The summed E-state index contributed by atoms with van der Waals surface area (Å²) in [5, 5.41) is 21.9. The van der Waals surface area contributed by atoms with Crippen molar-refractivity contribution in [1.82, 2.24) is 5.32 Å². The summed E-state index contributed by atoms with van der Waals surface area (Å²) < 4.78 is 5.26. The fourth-order valence-electron chi connectivity index (χ4n) is 1.81. The number of hydrogen-bond acceptors (Lipinski definition) is 5. The van der Waals surface area contributed by atoms with Crippen LogP contribution in [0.1, 0.15) is 25.3 Å². The topological polar surface area (TPSA) is 122 Å². The Morgan fingerprint density at radius 2 is 2.14 bits per heavy atom. The monoisotopic (exact) mass is 296 g/mol. The number of benzene rings is 1. The van der Waals surface area contributed by atoms with Crippen molar-refractivity contribution in [2.45, 2.75) is 32.4 Å². The predicted molar refractivity (Wildman–Crippen MR) is 76.0 cm³/mol. The minimum Gasteiger partial charge on any atom is -0.504 e. The van der Waals surface area contributed by atoms with Crippen LogP contribution in [-0.2, 0) is 16.1 Å². The maximum absolute atomic E-state index is 11.1. The minimum absolute atomic E-state index is 0.0189. The number of hydrogen-bond donors (Lipinski definition) is 4. The number of para-hydroxylation sites is 1. The van der Waals surface area contributed by atoms with Crippen LogP contribution >= 0.6 is 0 Å². The van der Waals surface area contributed by atoms with Crippen molar-refractivity contribution in [2.75, 3.05) is 6.61 Å². The molecule has 0 radical (unpaired) electrons. The van der Waals surface area contributed by atoms with E-state index < -0.39 is 17.9 Å². The average Bonchev–Trinajstić information content (AvgIpc) is 2.42. The van der Waals surface area contributed by atoms with E-state index in [2.05, 4.69) is 5.32 Å². The minimum atomic E-state index is -1.07. The maximum Gasteiger partial charge on any atom is 0.320 e. The fourth-order valence-corrected chi connectivity index (χ4v) is 1.81. The maximum atomic E-state index is 11.1. The van der Waals surface area contributed by atoms with Gasteiger partial charge in [0.25, 0.3) is 0 Å². The van der Waals surface area contributed by atoms with Gasteiger partial charge in [0.05, 0.1) is 6.61 Å². The molecule has 1 aromatic rings. The van der Waals surface area contributed by atoms with Gasteiger partial charge >= 0.3 is 5.97 Å². The molecule has 1 amide bonds. The fraction of sp³-hybridized carbons (Fsp3) is 0.429. The summed E-state index contributed by atoms with van der Waals surface area (Å²) in [5.41, 5.74) is 5.53. The van der Waals surface area contributed by atoms with Crippen LogP contribution in [0.2, 0.25) is 0 Å². The number of primary amides is 1. The Morgan fingerprint density at radius 3 is 2.71 bits per heavy atom. The zero-order chi connectivity index (χ0) is 15.8. The summed E-state index contributed by atoms with van der Waals surface area (Å²) >= 11 is 0. The molecular formula is C14H20N2O5. The van der Waals surface area contributed by atoms with Crippen molar-refractivity contribution >= 4 is 11.9 Å². The lowest BCUT2D eigenvalue weighted by Gasteiger charge is -2.15. The highest BCUT2D eigenvalue weighted by atomic mass is 16.5. The van der Waals surface area contributed by atoms with Gasteiger partial charge in [0, 0.05) is 18.5 Å². The van der Waals surface area contributed by atoms with Crippen LogP contribution < -0.4 is 15.8 Å². The molecule has 1 atom stereocenters. The number of carboxylic acids is 1. The Balaban J connectivity index is 2.69. The molecule has 0 saturated heterocycles. The first-order valence-corrected chi connectivity index (χ1v) is 6.63. The second-order valence-electron chi connectivity index (χ2n) is 4.47. The van der Waals surface area contributed by atoms with E-state index in [1.165, 1.54) is 0 Å². The third-order valence-corrected chi connectivity index (χ3v) is 2.90. The van der Waals surface area contributed by atoms with Crippen LogP contribution in [0.3, 0.4) is 0 Å². The van der Waals surface area contributed by atoms with Gasteiger partial charge in [-0.15, -0.1) is 0 Å². The number of phenols is 1. The number of amides is 1. The van der Waals surface area contributed by atoms with Crippen LogP contribution in [0, 0.1) is 0 Å². The molecule has 0 saturated carbocycles. The van der Waals surface area contributed by atoms with Crippen LogP contribution in [-0.4, -0.2) is 34.7 Å². The molecule has 0 heterocycles. The van der Waals surface area contributed by atoms with Gasteiger partial charge in [0.15, 0.2) is 11.5 Å². The molecule has 21 heavy (non-hydrogen) atoms. The highest BCUT2D eigenvalue weighted by molar-refractivity contribution is 5.77. The lowest BCUT2D eigenvalue weighted by atomic mass is 10.1. The zero-order valence-electron chi connectivity index (χ0n) is 11.8. The first-order chi connectivity index (χ1) is 9.95. The summed E-state index contributed by atoms with van der Waals surface area (Å²) in [6.07, 6.45) is 0.0749. The molecule has 1 aromatic carbocycles. The number of carboxylic acid groups (broad SMARTS) is 1. The van der Waals surface area contributed by atoms with Gasteiger partial charge in [0.1, 0.15) is 6.04 Å². The van der Waals surface area contributed by atoms with E-state index in [-0.39, 0.29) is 25.1 Å². The van der Waals surface area contributed by atoms with Crippen LogP contribution in [0.4, 0.5) is 0 Å². The largest absolute Gasteiger partial charge is 0.504 e. The average molecular weight is 296 g/mol. The molecule has 7 heteroatoms. The molecule has 0 bridgehead atoms. The first-order valence-electron chi connectivity index (χ1n) is 6.63. The molecule has 0 aliphatic rings. The molecular weight excluding hydrogens is 276 g/mol. The number of aliphatic carboxylic acids is 1. The number of ether oxygens (including phenoxy) is 1. The second kappa shape index (κ2) is 8.11. The lowest BCUT2D eigenvalue weighted by molar-refractivity contribution is -0.139. The van der Waals surface area contributed by atoms with Crippen LogP contribution in [0.15, 0.2) is 18.2 Å². The van der Waals surface area contributed by atoms with E-state index in [9.17, 15) is 14.7 Å². The van der Waals surface area contributed by atoms with Gasteiger partial charge in [-0.25, -0.2) is 0 Å². The van der Waals surface area contributed by atoms with Crippen molar-refractivity contribution in [3.8, 4) is 11.5 Å². The second-order valence-corrected chi connectivity index (χ2v) is 4.47. The van der Waals surface area contributed by atoms with Gasteiger partial charge in [-0.3, -0.25) is 9.59 Å². The van der Waals surface area contributed by atoms with Crippen molar-refractivity contribution in [3.05, 3.63) is 23.8 Å². The SMILES string of the molecule is CCOc1cccc(CNC(CCC(N)=O)C(=O)O)c1O. The highest BCUT2D eigenvalue weighted by Crippen LogP contribution is 2.29. The van der Waals surface area contributed by atoms with Gasteiger partial charge in [-0.1, -0.05) is 12.1 Å². The number of carbonyl (C=O) groups excluding carboxylic acids is 1. The summed E-state index contributed by atoms with van der Waals surface area (Å²) in [4.78, 5) is 21.8. The third-order valence-electron chi connectivity index (χ3n) is 2.90. The van der Waals surface area contributed by atoms with Crippen LogP contribution in [0.5, 0.6) is 11.5 Å². The van der Waals surface area contributed by atoms with Gasteiger partial charge < -0.3 is 26.0 Å². The quantitative estimate of drug-likeness (QED) is 0.529. The zero-order valence-corrected chi connectivity index (χ0v) is 11.8.